The number of thioether (sulfide) groups is 1. The second-order valence-corrected chi connectivity index (χ2v) is 26.8. The maximum absolute atomic E-state index is 12.5. The minimum atomic E-state index is -4.92. The van der Waals surface area contributed by atoms with Crippen molar-refractivity contribution in [1.29, 1.82) is 5.26 Å². The Bertz CT molecular complexity index is 4640. The number of imidazole rings is 1. The number of fused-ring (bicyclic) bond motifs is 6. The van der Waals surface area contributed by atoms with Crippen LogP contribution in [0.2, 0.25) is 0 Å². The number of hydrogen-bond acceptors (Lipinski definition) is 24. The van der Waals surface area contributed by atoms with Gasteiger partial charge in [-0.25, -0.2) is 9.97 Å². The Morgan fingerprint density at radius 2 is 1.36 bits per heavy atom. The molecule has 35 heteroatoms. The third-order valence-corrected chi connectivity index (χ3v) is 18.1. The maximum atomic E-state index is 12.5. The van der Waals surface area contributed by atoms with Crippen LogP contribution in [0.5, 0.6) is 11.6 Å². The van der Waals surface area contributed by atoms with Crippen molar-refractivity contribution in [2.75, 3.05) is 23.9 Å². The highest BCUT2D eigenvalue weighted by Gasteiger charge is 2.26. The summed E-state index contributed by atoms with van der Waals surface area (Å²) in [5, 5.41) is 58.2. The molecule has 0 saturated carbocycles. The molecule has 0 radical (unpaired) electrons. The fraction of sp³-hybridized carbons (Fsp3) is 0.222. The lowest BCUT2D eigenvalue weighted by Crippen LogP contribution is -2.08. The summed E-state index contributed by atoms with van der Waals surface area (Å²) >= 11 is 1.78. The van der Waals surface area contributed by atoms with Gasteiger partial charge in [-0.3, -0.25) is 27.2 Å². The van der Waals surface area contributed by atoms with E-state index in [1.807, 2.05) is 6.07 Å². The topological polar surface area (TPSA) is 450 Å². The molecule has 80 heavy (non-hydrogen) atoms. The number of pyridine rings is 1. The fourth-order valence-electron chi connectivity index (χ4n) is 7.94. The number of aromatic hydroxyl groups is 1. The van der Waals surface area contributed by atoms with Crippen LogP contribution in [0.15, 0.2) is 111 Å². The summed E-state index contributed by atoms with van der Waals surface area (Å²) in [6, 6.07) is 14.3. The number of aliphatic hydroxyl groups is 1. The second kappa shape index (κ2) is 22.5. The van der Waals surface area contributed by atoms with Crippen LogP contribution in [0.3, 0.4) is 0 Å². The van der Waals surface area contributed by atoms with Crippen LogP contribution < -0.4 is 4.74 Å². The number of aryl methyl sites for hydroxylation is 2. The third-order valence-electron chi connectivity index (χ3n) is 11.7. The van der Waals surface area contributed by atoms with Crippen molar-refractivity contribution in [3.8, 4) is 17.7 Å². The van der Waals surface area contributed by atoms with Gasteiger partial charge in [-0.15, -0.1) is 37.3 Å². The van der Waals surface area contributed by atoms with Crippen molar-refractivity contribution in [3.63, 3.8) is 0 Å². The molecule has 0 unspecified atom stereocenters. The van der Waals surface area contributed by atoms with Crippen LogP contribution in [-0.4, -0.2) is 113 Å². The number of rotatable bonds is 20. The van der Waals surface area contributed by atoms with E-state index in [1.165, 1.54) is 50.2 Å². The van der Waals surface area contributed by atoms with Gasteiger partial charge in [-0.2, -0.15) is 52.5 Å². The van der Waals surface area contributed by atoms with Gasteiger partial charge in [0.1, 0.15) is 33.5 Å². The number of hydrogen-bond donors (Lipinski definition) is 7. The van der Waals surface area contributed by atoms with E-state index in [1.54, 1.807) is 6.92 Å². The molecular formula is C45H40N10O18S7. The first kappa shape index (κ1) is 59.1. The highest BCUT2D eigenvalue weighted by molar-refractivity contribution is 7.99. The number of azo groups is 3. The van der Waals surface area contributed by atoms with Gasteiger partial charge in [-0.1, -0.05) is 17.4 Å². The number of thiazole rings is 1. The van der Waals surface area contributed by atoms with Crippen LogP contribution in [0.1, 0.15) is 40.7 Å². The fourth-order valence-corrected chi connectivity index (χ4v) is 13.0. The van der Waals surface area contributed by atoms with Gasteiger partial charge in [0.05, 0.1) is 67.3 Å². The SMILES string of the molecule is Cc1cc(N=Nc2c(C)c(C#N)c3nc4cc(C)c(S(=O)(=O)O)cc4n3c2O)c(OCCCS(=O)(=O)O)cc1N=Nc1cc(CO)c(N=Nc2nc3c(S(=O)(=O)O)cc4ccc(S(=O)(=O)O)cc4c3s2)cc1SCCCS(=O)(=O)O. The molecule has 0 bridgehead atoms. The maximum Gasteiger partial charge on any atom is 0.296 e. The molecule has 0 spiro atoms. The molecule has 0 amide bonds. The predicted octanol–water partition coefficient (Wildman–Crippen LogP) is 9.26. The highest BCUT2D eigenvalue weighted by Crippen LogP contribution is 2.44. The second-order valence-electron chi connectivity index (χ2n) is 17.3. The van der Waals surface area contributed by atoms with E-state index in [2.05, 4.69) is 40.7 Å². The molecule has 0 atom stereocenters. The molecule has 28 nitrogen and oxygen atoms in total. The van der Waals surface area contributed by atoms with Gasteiger partial charge >= 0.3 is 0 Å². The first-order valence-electron chi connectivity index (χ1n) is 22.6. The Balaban J connectivity index is 1.20. The smallest absolute Gasteiger partial charge is 0.296 e. The summed E-state index contributed by atoms with van der Waals surface area (Å²) in [6.45, 7) is 3.43. The van der Waals surface area contributed by atoms with E-state index in [-0.39, 0.29) is 129 Å². The molecule has 0 saturated heterocycles. The summed E-state index contributed by atoms with van der Waals surface area (Å²) < 4.78 is 175. The van der Waals surface area contributed by atoms with Crippen LogP contribution in [-0.2, 0) is 57.2 Å². The number of benzene rings is 5. The van der Waals surface area contributed by atoms with E-state index in [0.717, 1.165) is 51.8 Å². The lowest BCUT2D eigenvalue weighted by Gasteiger charge is -2.12. The summed E-state index contributed by atoms with van der Waals surface area (Å²) in [6.07, 6.45) is -0.274. The van der Waals surface area contributed by atoms with Crippen LogP contribution >= 0.6 is 23.1 Å². The summed E-state index contributed by atoms with van der Waals surface area (Å²) in [5.41, 5.74) is 0.196. The van der Waals surface area contributed by atoms with Gasteiger partial charge in [0.15, 0.2) is 11.3 Å². The van der Waals surface area contributed by atoms with E-state index < -0.39 is 89.3 Å². The zero-order valence-electron chi connectivity index (χ0n) is 41.2. The highest BCUT2D eigenvalue weighted by atomic mass is 32.2. The van der Waals surface area contributed by atoms with Gasteiger partial charge in [0, 0.05) is 27.5 Å². The number of nitriles is 1. The van der Waals surface area contributed by atoms with Crippen LogP contribution in [0.25, 0.3) is 37.7 Å². The zero-order valence-corrected chi connectivity index (χ0v) is 46.9. The van der Waals surface area contributed by atoms with Crippen molar-refractivity contribution in [1.82, 2.24) is 14.4 Å². The molecule has 0 aliphatic carbocycles. The Morgan fingerprint density at radius 3 is 2.01 bits per heavy atom. The molecule has 3 heterocycles. The quantitative estimate of drug-likeness (QED) is 0.0162. The third kappa shape index (κ3) is 13.1. The summed E-state index contributed by atoms with van der Waals surface area (Å²) in [5.74, 6) is -1.97. The largest absolute Gasteiger partial charge is 0.493 e. The Labute approximate surface area is 462 Å². The molecular weight excluding hydrogens is 1190 g/mol. The Hall–Kier alpha value is -7.05. The summed E-state index contributed by atoms with van der Waals surface area (Å²) in [4.78, 5) is 7.26. The van der Waals surface area contributed by atoms with Crippen LogP contribution in [0.4, 0.5) is 33.6 Å². The van der Waals surface area contributed by atoms with Gasteiger partial charge in [0.2, 0.25) is 11.0 Å². The number of aliphatic hydroxyl groups excluding tert-OH is 1. The number of ether oxygens (including phenoxy) is 1. The molecule has 7 N–H and O–H groups in total. The molecule has 5 aromatic carbocycles. The monoisotopic (exact) mass is 1230 g/mol. The van der Waals surface area contributed by atoms with Crippen molar-refractivity contribution >= 4 is 145 Å². The predicted molar refractivity (Wildman–Crippen MR) is 289 cm³/mol. The Kier molecular flexibility index (Phi) is 16.6. The number of nitrogens with zero attached hydrogens (tertiary/aromatic N) is 10. The molecule has 0 fully saturated rings. The van der Waals surface area contributed by atoms with Crippen LogP contribution in [0, 0.1) is 32.1 Å². The van der Waals surface area contributed by atoms with E-state index in [0.29, 0.717) is 5.56 Å². The van der Waals surface area contributed by atoms with Gasteiger partial charge in [0.25, 0.3) is 50.6 Å². The van der Waals surface area contributed by atoms with Crippen molar-refractivity contribution < 1.29 is 79.8 Å². The summed E-state index contributed by atoms with van der Waals surface area (Å²) in [7, 11) is -23.2. The molecule has 3 aromatic heterocycles. The van der Waals surface area contributed by atoms with Crippen molar-refractivity contribution in [2.45, 2.75) is 59.8 Å². The minimum Gasteiger partial charge on any atom is -0.493 e. The normalized spacial score (nSPS) is 13.1. The molecule has 8 rings (SSSR count). The van der Waals surface area contributed by atoms with Gasteiger partial charge in [-0.05, 0) is 104 Å². The lowest BCUT2D eigenvalue weighted by molar-refractivity contribution is 0.282. The standard InChI is InChI=1S/C45H40N10O18S7/c1-22-12-33(51-53-40-24(3)29(20-46)43-47-32-13-23(2)38(79(67,68)69)19-35(32)55(43)44(40)57)36(73-8-4-10-76(58,59)60)17-30(22)49-52-34-14-26(21-56)31(18-37(34)74-9-5-11-77(61,62)63)50-54-45-48-41-39(80(70,71)72)15-25-6-7-27(78(64,65)66)16-28(25)42(41)75-45/h6-7,12-19,56-57H,4-5,8-11,21H2,1-3H3,(H,58,59,60)(H,61,62,63)(H,64,65,66)(H,67,68,69)(H,70,71,72). The van der Waals surface area contributed by atoms with E-state index in [9.17, 15) is 80.3 Å². The molecule has 0 aliphatic rings. The van der Waals surface area contributed by atoms with Crippen molar-refractivity contribution in [3.05, 3.63) is 88.5 Å². The zero-order chi connectivity index (χ0) is 58.4. The first-order chi connectivity index (χ1) is 37.3. The molecule has 0 aliphatic heterocycles. The average molecular weight is 1230 g/mol. The van der Waals surface area contributed by atoms with E-state index >= 15 is 0 Å². The van der Waals surface area contributed by atoms with Crippen molar-refractivity contribution in [2.24, 2.45) is 30.7 Å². The lowest BCUT2D eigenvalue weighted by atomic mass is 10.1. The minimum absolute atomic E-state index is 0.00975. The van der Waals surface area contributed by atoms with Gasteiger partial charge < -0.3 is 14.9 Å². The average Bonchev–Trinajstić information content (AvgIpc) is 4.12. The first-order valence-corrected chi connectivity index (χ1v) is 31.9. The Morgan fingerprint density at radius 1 is 0.700 bits per heavy atom. The van der Waals surface area contributed by atoms with E-state index in [4.69, 9.17) is 4.74 Å². The number of aromatic nitrogens is 3. The molecule has 8 aromatic rings. The molecule has 420 valence electrons.